The molecule has 2 amide bonds. The van der Waals surface area contributed by atoms with Crippen LogP contribution in [0.5, 0.6) is 0 Å². The van der Waals surface area contributed by atoms with Gasteiger partial charge in [-0.25, -0.2) is 4.79 Å². The number of hydrogen-bond acceptors (Lipinski definition) is 4. The van der Waals surface area contributed by atoms with E-state index in [-0.39, 0.29) is 24.2 Å². The largest absolute Gasteiger partial charge is 0.371 e. The second-order valence-electron chi connectivity index (χ2n) is 5.63. The smallest absolute Gasteiger partial charge is 0.315 e. The summed E-state index contributed by atoms with van der Waals surface area (Å²) in [5.74, 6) is 0. The minimum Gasteiger partial charge on any atom is -0.371 e. The quantitative estimate of drug-likeness (QED) is 0.746. The molecule has 1 fully saturated rings. The van der Waals surface area contributed by atoms with Crippen molar-refractivity contribution in [2.24, 2.45) is 0 Å². The van der Waals surface area contributed by atoms with E-state index in [9.17, 15) is 4.79 Å². The first kappa shape index (κ1) is 16.7. The monoisotopic (exact) mass is 306 g/mol. The molecule has 0 bridgehead atoms. The fourth-order valence-electron chi connectivity index (χ4n) is 2.70. The predicted octanol–water partition coefficient (Wildman–Crippen LogP) is 1.60. The van der Waals surface area contributed by atoms with Gasteiger partial charge < -0.3 is 20.7 Å². The van der Waals surface area contributed by atoms with Gasteiger partial charge in [-0.05, 0) is 44.0 Å². The van der Waals surface area contributed by atoms with E-state index < -0.39 is 0 Å². The molecule has 1 saturated heterocycles. The maximum Gasteiger partial charge on any atom is 0.315 e. The molecule has 2 rings (SSSR count). The second-order valence-corrected chi connectivity index (χ2v) is 5.63. The van der Waals surface area contributed by atoms with Crippen LogP contribution >= 0.6 is 0 Å². The van der Waals surface area contributed by atoms with Gasteiger partial charge in [-0.1, -0.05) is 6.92 Å². The zero-order valence-electron chi connectivity index (χ0n) is 13.3. The van der Waals surface area contributed by atoms with Gasteiger partial charge in [0.1, 0.15) is 6.10 Å². The van der Waals surface area contributed by atoms with E-state index >= 15 is 0 Å². The van der Waals surface area contributed by atoms with Crippen LogP contribution < -0.4 is 16.0 Å². The average Bonchev–Trinajstić information content (AvgIpc) is 2.55. The maximum atomic E-state index is 12.1. The minimum atomic E-state index is -0.140. The molecule has 0 aromatic carbocycles. The van der Waals surface area contributed by atoms with Gasteiger partial charge in [0.15, 0.2) is 0 Å². The number of nitrogens with one attached hydrogen (secondary N) is 3. The van der Waals surface area contributed by atoms with Gasteiger partial charge in [0.25, 0.3) is 0 Å². The summed E-state index contributed by atoms with van der Waals surface area (Å²) in [6, 6.07) is 3.99. The molecule has 0 aliphatic carbocycles. The molecule has 122 valence electrons. The fraction of sp³-hybridized carbons (Fsp3) is 0.625. The Balaban J connectivity index is 1.87. The molecule has 0 saturated carbocycles. The summed E-state index contributed by atoms with van der Waals surface area (Å²) in [5, 5.41) is 9.21. The van der Waals surface area contributed by atoms with Crippen LogP contribution in [0.15, 0.2) is 24.5 Å². The molecule has 1 aromatic heterocycles. The third-order valence-corrected chi connectivity index (χ3v) is 3.79. The van der Waals surface area contributed by atoms with E-state index in [1.165, 1.54) is 0 Å². The van der Waals surface area contributed by atoms with Crippen molar-refractivity contribution in [2.75, 3.05) is 19.7 Å². The number of ether oxygens (including phenoxy) is 1. The fourth-order valence-corrected chi connectivity index (χ4v) is 2.70. The van der Waals surface area contributed by atoms with Crippen LogP contribution in [-0.2, 0) is 4.74 Å². The lowest BCUT2D eigenvalue weighted by atomic mass is 9.97. The van der Waals surface area contributed by atoms with Crippen LogP contribution in [0.1, 0.15) is 38.4 Å². The first-order chi connectivity index (χ1) is 10.7. The average molecular weight is 306 g/mol. The molecular formula is C16H26N4O2. The Morgan fingerprint density at radius 1 is 1.45 bits per heavy atom. The summed E-state index contributed by atoms with van der Waals surface area (Å²) in [7, 11) is 0. The van der Waals surface area contributed by atoms with E-state index in [2.05, 4.69) is 27.9 Å². The number of carbonyl (C=O) groups is 1. The number of carbonyl (C=O) groups excluding carboxylic acids is 1. The van der Waals surface area contributed by atoms with Gasteiger partial charge in [-0.15, -0.1) is 0 Å². The summed E-state index contributed by atoms with van der Waals surface area (Å²) in [6.45, 7) is 6.32. The van der Waals surface area contributed by atoms with Gasteiger partial charge in [0.2, 0.25) is 0 Å². The molecule has 2 heterocycles. The van der Waals surface area contributed by atoms with Crippen LogP contribution in [-0.4, -0.2) is 42.8 Å². The van der Waals surface area contributed by atoms with Gasteiger partial charge in [0.05, 0.1) is 6.04 Å². The number of aromatic nitrogens is 1. The molecule has 22 heavy (non-hydrogen) atoms. The van der Waals surface area contributed by atoms with Crippen molar-refractivity contribution in [3.8, 4) is 0 Å². The number of pyridine rings is 1. The normalized spacial score (nSPS) is 22.8. The lowest BCUT2D eigenvalue weighted by Gasteiger charge is -2.32. The highest BCUT2D eigenvalue weighted by Crippen LogP contribution is 2.27. The van der Waals surface area contributed by atoms with E-state index in [0.29, 0.717) is 6.54 Å². The van der Waals surface area contributed by atoms with E-state index in [1.807, 2.05) is 19.1 Å². The Labute approximate surface area is 132 Å². The van der Waals surface area contributed by atoms with Crippen molar-refractivity contribution in [3.63, 3.8) is 0 Å². The highest BCUT2D eigenvalue weighted by atomic mass is 16.5. The summed E-state index contributed by atoms with van der Waals surface area (Å²) in [4.78, 5) is 16.1. The van der Waals surface area contributed by atoms with Crippen molar-refractivity contribution in [1.82, 2.24) is 20.9 Å². The third kappa shape index (κ3) is 4.96. The second kappa shape index (κ2) is 8.70. The zero-order chi connectivity index (χ0) is 15.8. The van der Waals surface area contributed by atoms with Crippen LogP contribution in [0.4, 0.5) is 4.79 Å². The van der Waals surface area contributed by atoms with Crippen LogP contribution in [0.2, 0.25) is 0 Å². The molecule has 0 radical (unpaired) electrons. The van der Waals surface area contributed by atoms with Gasteiger partial charge in [-0.2, -0.15) is 0 Å². The lowest BCUT2D eigenvalue weighted by molar-refractivity contribution is -0.00747. The molecular weight excluding hydrogens is 280 g/mol. The molecule has 6 nitrogen and oxygen atoms in total. The third-order valence-electron chi connectivity index (χ3n) is 3.79. The van der Waals surface area contributed by atoms with Crippen molar-refractivity contribution < 1.29 is 9.53 Å². The summed E-state index contributed by atoms with van der Waals surface area (Å²) < 4.78 is 5.86. The van der Waals surface area contributed by atoms with Crippen molar-refractivity contribution in [2.45, 2.75) is 44.9 Å². The van der Waals surface area contributed by atoms with E-state index in [4.69, 9.17) is 4.74 Å². The summed E-state index contributed by atoms with van der Waals surface area (Å²) in [6.07, 6.45) is 5.28. The number of hydrogen-bond donors (Lipinski definition) is 3. The number of urea groups is 1. The molecule has 3 N–H and O–H groups in total. The number of likely N-dealkylation sites (N-methyl/N-ethyl adjacent to an activating group) is 1. The van der Waals surface area contributed by atoms with Gasteiger partial charge in [0, 0.05) is 31.6 Å². The first-order valence-electron chi connectivity index (χ1n) is 8.00. The first-order valence-corrected chi connectivity index (χ1v) is 8.00. The lowest BCUT2D eigenvalue weighted by Crippen LogP contribution is -2.49. The van der Waals surface area contributed by atoms with Crippen molar-refractivity contribution >= 4 is 6.03 Å². The standard InChI is InChI=1S/C16H26N4O2/c1-3-18-12(2)11-19-16(21)20-14-5-4-10-22-15(14)13-6-8-17-9-7-13/h6-9,12,14-15,18H,3-5,10-11H2,1-2H3,(H2,19,20,21)/t12-,14+,15-/m1/s1. The Bertz CT molecular complexity index is 455. The summed E-state index contributed by atoms with van der Waals surface area (Å²) >= 11 is 0. The van der Waals surface area contributed by atoms with Crippen LogP contribution in [0, 0.1) is 0 Å². The Morgan fingerprint density at radius 3 is 2.95 bits per heavy atom. The zero-order valence-corrected chi connectivity index (χ0v) is 13.3. The Kier molecular flexibility index (Phi) is 6.61. The van der Waals surface area contributed by atoms with Crippen molar-refractivity contribution in [3.05, 3.63) is 30.1 Å². The van der Waals surface area contributed by atoms with Crippen molar-refractivity contribution in [1.29, 1.82) is 0 Å². The SMILES string of the molecule is CCN[C@H](C)CNC(=O)N[C@H]1CCCO[C@@H]1c1ccncc1. The molecule has 0 unspecified atom stereocenters. The maximum absolute atomic E-state index is 12.1. The minimum absolute atomic E-state index is 0.00871. The van der Waals surface area contributed by atoms with Gasteiger partial charge in [-0.3, -0.25) is 4.98 Å². The molecule has 6 heteroatoms. The van der Waals surface area contributed by atoms with E-state index in [1.54, 1.807) is 12.4 Å². The van der Waals surface area contributed by atoms with Gasteiger partial charge >= 0.3 is 6.03 Å². The topological polar surface area (TPSA) is 75.3 Å². The molecule has 1 aromatic rings. The van der Waals surface area contributed by atoms with Crippen LogP contribution in [0.25, 0.3) is 0 Å². The number of rotatable bonds is 6. The van der Waals surface area contributed by atoms with E-state index in [0.717, 1.165) is 31.6 Å². The molecule has 1 aliphatic rings. The molecule has 0 spiro atoms. The number of amides is 2. The predicted molar refractivity (Wildman–Crippen MR) is 85.6 cm³/mol. The Hall–Kier alpha value is -1.66. The van der Waals surface area contributed by atoms with Crippen LogP contribution in [0.3, 0.4) is 0 Å². The number of nitrogens with zero attached hydrogens (tertiary/aromatic N) is 1. The molecule has 1 aliphatic heterocycles. The summed E-state index contributed by atoms with van der Waals surface area (Å²) in [5.41, 5.74) is 1.06. The Morgan fingerprint density at radius 2 is 2.23 bits per heavy atom. The molecule has 3 atom stereocenters. The highest BCUT2D eigenvalue weighted by Gasteiger charge is 2.28. The highest BCUT2D eigenvalue weighted by molar-refractivity contribution is 5.74.